The van der Waals surface area contributed by atoms with Crippen LogP contribution in [0.1, 0.15) is 57.7 Å². The minimum atomic E-state index is -0.849. The summed E-state index contributed by atoms with van der Waals surface area (Å²) in [7, 11) is 1.76. The molecule has 2 N–H and O–H groups in total. The molecule has 1 aromatic rings. The van der Waals surface area contributed by atoms with Gasteiger partial charge in [0.05, 0.1) is 18.5 Å². The topological polar surface area (TPSA) is 69.6 Å². The van der Waals surface area contributed by atoms with Crippen LogP contribution in [0.15, 0.2) is 24.3 Å². The first-order valence-corrected chi connectivity index (χ1v) is 8.92. The van der Waals surface area contributed by atoms with Crippen LogP contribution >= 0.6 is 0 Å². The zero-order valence-corrected chi connectivity index (χ0v) is 16.2. The van der Waals surface area contributed by atoms with Crippen molar-refractivity contribution in [1.82, 2.24) is 10.2 Å². The smallest absolute Gasteiger partial charge is 0.307 e. The molecule has 0 fully saturated rings. The molecule has 0 spiro atoms. The van der Waals surface area contributed by atoms with Crippen molar-refractivity contribution < 1.29 is 14.7 Å². The predicted molar refractivity (Wildman–Crippen MR) is 101 cm³/mol. The summed E-state index contributed by atoms with van der Waals surface area (Å²) < 4.78 is 0. The van der Waals surface area contributed by atoms with Crippen LogP contribution in [-0.4, -0.2) is 42.0 Å². The largest absolute Gasteiger partial charge is 0.481 e. The van der Waals surface area contributed by atoms with Crippen LogP contribution in [0.25, 0.3) is 0 Å². The van der Waals surface area contributed by atoms with E-state index >= 15 is 0 Å². The van der Waals surface area contributed by atoms with Gasteiger partial charge in [-0.25, -0.2) is 0 Å². The summed E-state index contributed by atoms with van der Waals surface area (Å²) in [5.74, 6) is -0.699. The average Bonchev–Trinajstić information content (AvgIpc) is 2.52. The molecule has 0 bridgehead atoms. The van der Waals surface area contributed by atoms with E-state index in [1.165, 1.54) is 5.56 Å². The third-order valence-corrected chi connectivity index (χ3v) is 4.37. The van der Waals surface area contributed by atoms with Gasteiger partial charge in [0.1, 0.15) is 0 Å². The molecule has 25 heavy (non-hydrogen) atoms. The second kappa shape index (κ2) is 9.56. The minimum Gasteiger partial charge on any atom is -0.481 e. The van der Waals surface area contributed by atoms with Gasteiger partial charge in [-0.1, -0.05) is 58.9 Å². The van der Waals surface area contributed by atoms with Gasteiger partial charge in [-0.15, -0.1) is 0 Å². The first kappa shape index (κ1) is 21.2. The van der Waals surface area contributed by atoms with Crippen LogP contribution in [-0.2, 0) is 9.59 Å². The molecule has 0 saturated carbocycles. The van der Waals surface area contributed by atoms with E-state index in [0.717, 1.165) is 5.56 Å². The van der Waals surface area contributed by atoms with E-state index in [-0.39, 0.29) is 24.4 Å². The maximum absolute atomic E-state index is 12.4. The molecule has 140 valence electrons. The molecule has 0 radical (unpaired) electrons. The molecule has 1 rings (SSSR count). The Kier molecular flexibility index (Phi) is 8.10. The fourth-order valence-electron chi connectivity index (χ4n) is 2.80. The SMILES string of the molecule is CC(CN(C)CC(=O)NC(c1ccc(C(C)C)cc1)C(C)C)C(=O)O. The first-order valence-electron chi connectivity index (χ1n) is 8.92. The van der Waals surface area contributed by atoms with Gasteiger partial charge >= 0.3 is 5.97 Å². The summed E-state index contributed by atoms with van der Waals surface area (Å²) in [6.45, 7) is 10.7. The third kappa shape index (κ3) is 6.86. The summed E-state index contributed by atoms with van der Waals surface area (Å²) in [5.41, 5.74) is 2.37. The van der Waals surface area contributed by atoms with E-state index in [9.17, 15) is 9.59 Å². The number of aliphatic carboxylic acids is 1. The van der Waals surface area contributed by atoms with Crippen molar-refractivity contribution in [3.8, 4) is 0 Å². The normalized spacial score (nSPS) is 14.0. The number of likely N-dealkylation sites (N-methyl/N-ethyl adjacent to an activating group) is 1. The molecule has 0 saturated heterocycles. The van der Waals surface area contributed by atoms with E-state index in [0.29, 0.717) is 12.5 Å². The Morgan fingerprint density at radius 2 is 1.56 bits per heavy atom. The Balaban J connectivity index is 2.71. The Morgan fingerprint density at radius 1 is 1.04 bits per heavy atom. The van der Waals surface area contributed by atoms with E-state index in [4.69, 9.17) is 5.11 Å². The van der Waals surface area contributed by atoms with Crippen LogP contribution in [0.4, 0.5) is 0 Å². The summed E-state index contributed by atoms with van der Waals surface area (Å²) >= 11 is 0. The molecule has 5 heteroatoms. The number of hydrogen-bond donors (Lipinski definition) is 2. The van der Waals surface area contributed by atoms with Crippen molar-refractivity contribution in [3.05, 3.63) is 35.4 Å². The maximum Gasteiger partial charge on any atom is 0.307 e. The number of nitrogens with one attached hydrogen (secondary N) is 1. The Labute approximate surface area is 151 Å². The van der Waals surface area contributed by atoms with Gasteiger partial charge in [0.15, 0.2) is 0 Å². The lowest BCUT2D eigenvalue weighted by atomic mass is 9.93. The summed E-state index contributed by atoms with van der Waals surface area (Å²) in [6, 6.07) is 8.33. The average molecular weight is 348 g/mol. The lowest BCUT2D eigenvalue weighted by Gasteiger charge is -2.25. The number of amides is 1. The summed E-state index contributed by atoms with van der Waals surface area (Å²) in [4.78, 5) is 25.0. The van der Waals surface area contributed by atoms with Crippen molar-refractivity contribution in [1.29, 1.82) is 0 Å². The lowest BCUT2D eigenvalue weighted by Crippen LogP contribution is -2.40. The lowest BCUT2D eigenvalue weighted by molar-refractivity contribution is -0.142. The number of carboxylic acid groups (broad SMARTS) is 1. The molecule has 0 aliphatic carbocycles. The van der Waals surface area contributed by atoms with Crippen molar-refractivity contribution in [2.45, 2.75) is 46.6 Å². The second-order valence-corrected chi connectivity index (χ2v) is 7.55. The molecule has 0 aromatic heterocycles. The first-order chi connectivity index (χ1) is 11.6. The third-order valence-electron chi connectivity index (χ3n) is 4.37. The molecule has 2 atom stereocenters. The quantitative estimate of drug-likeness (QED) is 0.718. The van der Waals surface area contributed by atoms with Crippen molar-refractivity contribution in [2.75, 3.05) is 20.1 Å². The van der Waals surface area contributed by atoms with Gasteiger partial charge in [-0.2, -0.15) is 0 Å². The van der Waals surface area contributed by atoms with Crippen LogP contribution in [0.2, 0.25) is 0 Å². The van der Waals surface area contributed by atoms with Crippen molar-refractivity contribution >= 4 is 11.9 Å². The summed E-state index contributed by atoms with van der Waals surface area (Å²) in [5, 5.41) is 12.1. The van der Waals surface area contributed by atoms with Gasteiger partial charge in [0, 0.05) is 6.54 Å². The molecular formula is C20H32N2O3. The number of carboxylic acids is 1. The van der Waals surface area contributed by atoms with Crippen LogP contribution < -0.4 is 5.32 Å². The zero-order chi connectivity index (χ0) is 19.1. The fourth-order valence-corrected chi connectivity index (χ4v) is 2.80. The van der Waals surface area contributed by atoms with E-state index < -0.39 is 11.9 Å². The van der Waals surface area contributed by atoms with Crippen LogP contribution in [0, 0.1) is 11.8 Å². The highest BCUT2D eigenvalue weighted by Crippen LogP contribution is 2.24. The van der Waals surface area contributed by atoms with E-state index in [1.807, 2.05) is 0 Å². The highest BCUT2D eigenvalue weighted by molar-refractivity contribution is 5.78. The minimum absolute atomic E-state index is 0.0565. The summed E-state index contributed by atoms with van der Waals surface area (Å²) in [6.07, 6.45) is 0. The van der Waals surface area contributed by atoms with Gasteiger partial charge < -0.3 is 10.4 Å². The number of hydrogen-bond acceptors (Lipinski definition) is 3. The van der Waals surface area contributed by atoms with Gasteiger partial charge in [-0.3, -0.25) is 14.5 Å². The molecule has 5 nitrogen and oxygen atoms in total. The number of benzene rings is 1. The molecule has 0 aliphatic heterocycles. The van der Waals surface area contributed by atoms with Crippen LogP contribution in [0.5, 0.6) is 0 Å². The van der Waals surface area contributed by atoms with Gasteiger partial charge in [-0.05, 0) is 30.0 Å². The Morgan fingerprint density at radius 3 is 2.00 bits per heavy atom. The fraction of sp³-hybridized carbons (Fsp3) is 0.600. The predicted octanol–water partition coefficient (Wildman–Crippen LogP) is 3.28. The Hall–Kier alpha value is -1.88. The Bertz CT molecular complexity index is 567. The number of carbonyl (C=O) groups excluding carboxylic acids is 1. The van der Waals surface area contributed by atoms with Gasteiger partial charge in [0.2, 0.25) is 5.91 Å². The molecule has 2 unspecified atom stereocenters. The molecule has 0 heterocycles. The second-order valence-electron chi connectivity index (χ2n) is 7.55. The molecule has 1 aromatic carbocycles. The molecule has 0 aliphatic rings. The van der Waals surface area contributed by atoms with Crippen molar-refractivity contribution in [2.24, 2.45) is 11.8 Å². The number of carbonyl (C=O) groups is 2. The van der Waals surface area contributed by atoms with E-state index in [1.54, 1.807) is 18.9 Å². The van der Waals surface area contributed by atoms with Crippen molar-refractivity contribution in [3.63, 3.8) is 0 Å². The van der Waals surface area contributed by atoms with Crippen LogP contribution in [0.3, 0.4) is 0 Å². The highest BCUT2D eigenvalue weighted by Gasteiger charge is 2.20. The van der Waals surface area contributed by atoms with E-state index in [2.05, 4.69) is 57.3 Å². The zero-order valence-electron chi connectivity index (χ0n) is 16.2. The monoisotopic (exact) mass is 348 g/mol. The molecule has 1 amide bonds. The maximum atomic E-state index is 12.4. The molecular weight excluding hydrogens is 316 g/mol. The van der Waals surface area contributed by atoms with Gasteiger partial charge in [0.25, 0.3) is 0 Å². The number of rotatable bonds is 9. The highest BCUT2D eigenvalue weighted by atomic mass is 16.4. The number of nitrogens with zero attached hydrogens (tertiary/aromatic N) is 1. The standard InChI is InChI=1S/C20H32N2O3/c1-13(2)16-7-9-17(10-8-16)19(14(3)4)21-18(23)12-22(6)11-15(5)20(24)25/h7-10,13-15,19H,11-12H2,1-6H3,(H,21,23)(H,24,25).